The Kier molecular flexibility index (Phi) is 6.12. The van der Waals surface area contributed by atoms with Gasteiger partial charge in [0.2, 0.25) is 5.91 Å². The first-order valence-electron chi connectivity index (χ1n) is 9.56. The quantitative estimate of drug-likeness (QED) is 0.701. The zero-order valence-electron chi connectivity index (χ0n) is 17.3. The summed E-state index contributed by atoms with van der Waals surface area (Å²) in [4.78, 5) is 25.6. The molecule has 150 valence electrons. The lowest BCUT2D eigenvalue weighted by molar-refractivity contribution is -0.119. The number of nitrogens with zero attached hydrogens (tertiary/aromatic N) is 3. The summed E-state index contributed by atoms with van der Waals surface area (Å²) in [5.41, 5.74) is 5.56. The zero-order valence-corrected chi connectivity index (χ0v) is 17.3. The molecular weight excluding hydrogens is 364 g/mol. The van der Waals surface area contributed by atoms with Crippen LogP contribution in [0.25, 0.3) is 5.69 Å². The number of hydrogen-bond donors (Lipinski definition) is 1. The highest BCUT2D eigenvalue weighted by molar-refractivity contribution is 5.94. The van der Waals surface area contributed by atoms with E-state index in [2.05, 4.69) is 10.4 Å². The number of aromatic nitrogens is 2. The van der Waals surface area contributed by atoms with Crippen LogP contribution < -0.4 is 5.32 Å². The van der Waals surface area contributed by atoms with Crippen molar-refractivity contribution in [2.45, 2.75) is 33.9 Å². The number of para-hydroxylation sites is 1. The van der Waals surface area contributed by atoms with Gasteiger partial charge >= 0.3 is 0 Å². The van der Waals surface area contributed by atoms with Crippen molar-refractivity contribution in [1.82, 2.24) is 20.0 Å². The van der Waals surface area contributed by atoms with Crippen LogP contribution in [0.3, 0.4) is 0 Å². The van der Waals surface area contributed by atoms with E-state index in [-0.39, 0.29) is 11.8 Å². The third-order valence-corrected chi connectivity index (χ3v) is 4.93. The van der Waals surface area contributed by atoms with Crippen LogP contribution >= 0.6 is 0 Å². The SMILES string of the molecule is CC(=O)NCc1ccc(C(=O)N(C)Cc2c(C)nn(-c3ccccc3)c2C)cc1. The fraction of sp³-hybridized carbons (Fsp3) is 0.261. The van der Waals surface area contributed by atoms with Crippen molar-refractivity contribution in [3.05, 3.63) is 82.7 Å². The molecule has 0 fully saturated rings. The molecule has 0 unspecified atom stereocenters. The Morgan fingerprint density at radius 2 is 1.69 bits per heavy atom. The second-order valence-electron chi connectivity index (χ2n) is 7.16. The van der Waals surface area contributed by atoms with Crippen molar-refractivity contribution in [3.63, 3.8) is 0 Å². The minimum Gasteiger partial charge on any atom is -0.352 e. The van der Waals surface area contributed by atoms with Crippen molar-refractivity contribution in [2.24, 2.45) is 0 Å². The van der Waals surface area contributed by atoms with Gasteiger partial charge in [0.15, 0.2) is 0 Å². The Morgan fingerprint density at radius 1 is 1.03 bits per heavy atom. The van der Waals surface area contributed by atoms with Crippen LogP contribution in [0.15, 0.2) is 54.6 Å². The maximum absolute atomic E-state index is 12.9. The lowest BCUT2D eigenvalue weighted by Gasteiger charge is -2.18. The van der Waals surface area contributed by atoms with E-state index in [0.717, 1.165) is 28.2 Å². The van der Waals surface area contributed by atoms with Gasteiger partial charge in [-0.05, 0) is 43.7 Å². The molecule has 0 saturated heterocycles. The fourth-order valence-corrected chi connectivity index (χ4v) is 3.25. The number of carbonyl (C=O) groups is 2. The van der Waals surface area contributed by atoms with E-state index in [1.54, 1.807) is 24.1 Å². The molecule has 1 heterocycles. The van der Waals surface area contributed by atoms with Gasteiger partial charge in [0.25, 0.3) is 5.91 Å². The molecule has 3 rings (SSSR count). The summed E-state index contributed by atoms with van der Waals surface area (Å²) in [5.74, 6) is -0.131. The topological polar surface area (TPSA) is 67.2 Å². The van der Waals surface area contributed by atoms with Gasteiger partial charge in [0.1, 0.15) is 0 Å². The summed E-state index contributed by atoms with van der Waals surface area (Å²) in [6.45, 7) is 6.42. The number of amides is 2. The number of rotatable bonds is 6. The second kappa shape index (κ2) is 8.73. The highest BCUT2D eigenvalue weighted by atomic mass is 16.2. The molecule has 6 heteroatoms. The van der Waals surface area contributed by atoms with E-state index in [0.29, 0.717) is 18.7 Å². The van der Waals surface area contributed by atoms with Gasteiger partial charge in [-0.15, -0.1) is 0 Å². The standard InChI is InChI=1S/C23H26N4O2/c1-16-22(17(2)27(25-16)21-8-6-5-7-9-21)15-26(4)23(29)20-12-10-19(11-13-20)14-24-18(3)28/h5-13H,14-15H2,1-4H3,(H,24,28). The van der Waals surface area contributed by atoms with E-state index >= 15 is 0 Å². The predicted octanol–water partition coefficient (Wildman–Crippen LogP) is 3.40. The predicted molar refractivity (Wildman–Crippen MR) is 113 cm³/mol. The Labute approximate surface area is 171 Å². The Morgan fingerprint density at radius 3 is 2.31 bits per heavy atom. The molecule has 29 heavy (non-hydrogen) atoms. The molecule has 2 aromatic carbocycles. The van der Waals surface area contributed by atoms with Crippen molar-refractivity contribution < 1.29 is 9.59 Å². The lowest BCUT2D eigenvalue weighted by Crippen LogP contribution is -2.26. The molecule has 3 aromatic rings. The highest BCUT2D eigenvalue weighted by Gasteiger charge is 2.18. The first kappa shape index (κ1) is 20.3. The summed E-state index contributed by atoms with van der Waals surface area (Å²) in [7, 11) is 1.80. The van der Waals surface area contributed by atoms with Gasteiger partial charge in [0.05, 0.1) is 11.4 Å². The average molecular weight is 390 g/mol. The van der Waals surface area contributed by atoms with Crippen LogP contribution in [0, 0.1) is 13.8 Å². The number of carbonyl (C=O) groups excluding carboxylic acids is 2. The molecule has 0 aliphatic rings. The van der Waals surface area contributed by atoms with Gasteiger partial charge in [-0.3, -0.25) is 9.59 Å². The summed E-state index contributed by atoms with van der Waals surface area (Å²) >= 11 is 0. The van der Waals surface area contributed by atoms with Gasteiger partial charge < -0.3 is 10.2 Å². The smallest absolute Gasteiger partial charge is 0.253 e. The number of benzene rings is 2. The molecule has 0 bridgehead atoms. The number of nitrogens with one attached hydrogen (secondary N) is 1. The molecule has 0 aliphatic heterocycles. The Bertz CT molecular complexity index is 1010. The third-order valence-electron chi connectivity index (χ3n) is 4.93. The molecule has 0 aliphatic carbocycles. The minimum absolute atomic E-state index is 0.0534. The van der Waals surface area contributed by atoms with Crippen LogP contribution in [0.1, 0.15) is 39.8 Å². The highest BCUT2D eigenvalue weighted by Crippen LogP contribution is 2.20. The van der Waals surface area contributed by atoms with E-state index in [1.165, 1.54) is 6.92 Å². The van der Waals surface area contributed by atoms with Crippen molar-refractivity contribution >= 4 is 11.8 Å². The monoisotopic (exact) mass is 390 g/mol. The maximum atomic E-state index is 12.9. The summed E-state index contributed by atoms with van der Waals surface area (Å²) in [6, 6.07) is 17.3. The van der Waals surface area contributed by atoms with Gasteiger partial charge in [0, 0.05) is 43.9 Å². The van der Waals surface area contributed by atoms with Gasteiger partial charge in [-0.2, -0.15) is 5.10 Å². The summed E-state index contributed by atoms with van der Waals surface area (Å²) < 4.78 is 1.92. The van der Waals surface area contributed by atoms with Crippen molar-refractivity contribution in [1.29, 1.82) is 0 Å². The van der Waals surface area contributed by atoms with E-state index < -0.39 is 0 Å². The minimum atomic E-state index is -0.0772. The average Bonchev–Trinajstić information content (AvgIpc) is 3.01. The Balaban J connectivity index is 1.73. The molecule has 1 N–H and O–H groups in total. The van der Waals surface area contributed by atoms with E-state index in [4.69, 9.17) is 0 Å². The largest absolute Gasteiger partial charge is 0.352 e. The van der Waals surface area contributed by atoms with Gasteiger partial charge in [-0.25, -0.2) is 4.68 Å². The van der Waals surface area contributed by atoms with E-state index in [9.17, 15) is 9.59 Å². The first-order chi connectivity index (χ1) is 13.9. The lowest BCUT2D eigenvalue weighted by atomic mass is 10.1. The van der Waals surface area contributed by atoms with Crippen LogP contribution in [0.5, 0.6) is 0 Å². The third kappa shape index (κ3) is 4.71. The molecule has 6 nitrogen and oxygen atoms in total. The molecule has 0 saturated carbocycles. The number of hydrogen-bond acceptors (Lipinski definition) is 3. The fourth-order valence-electron chi connectivity index (χ4n) is 3.25. The van der Waals surface area contributed by atoms with Gasteiger partial charge in [-0.1, -0.05) is 30.3 Å². The van der Waals surface area contributed by atoms with Crippen molar-refractivity contribution in [3.8, 4) is 5.69 Å². The molecule has 2 amide bonds. The first-order valence-corrected chi connectivity index (χ1v) is 9.56. The summed E-state index contributed by atoms with van der Waals surface area (Å²) in [5, 5.41) is 7.41. The molecule has 0 atom stereocenters. The zero-order chi connectivity index (χ0) is 21.0. The van der Waals surface area contributed by atoms with Crippen LogP contribution in [0.4, 0.5) is 0 Å². The molecule has 1 aromatic heterocycles. The van der Waals surface area contributed by atoms with Crippen LogP contribution in [-0.4, -0.2) is 33.5 Å². The molecule has 0 spiro atoms. The second-order valence-corrected chi connectivity index (χ2v) is 7.16. The summed E-state index contributed by atoms with van der Waals surface area (Å²) in [6.07, 6.45) is 0. The molecular formula is C23H26N4O2. The Hall–Kier alpha value is -3.41. The van der Waals surface area contributed by atoms with E-state index in [1.807, 2.05) is 61.0 Å². The molecule has 0 radical (unpaired) electrons. The van der Waals surface area contributed by atoms with Crippen LogP contribution in [-0.2, 0) is 17.9 Å². The number of aryl methyl sites for hydroxylation is 1. The van der Waals surface area contributed by atoms with Crippen LogP contribution in [0.2, 0.25) is 0 Å². The van der Waals surface area contributed by atoms with Crippen molar-refractivity contribution in [2.75, 3.05) is 7.05 Å². The normalized spacial score (nSPS) is 10.6. The maximum Gasteiger partial charge on any atom is 0.253 e.